The molecule has 1 aromatic carbocycles. The second-order valence-electron chi connectivity index (χ2n) is 10.3. The van der Waals surface area contributed by atoms with Crippen LogP contribution >= 0.6 is 0 Å². The molecule has 0 radical (unpaired) electrons. The first-order valence-corrected chi connectivity index (χ1v) is 12.6. The van der Waals surface area contributed by atoms with Crippen molar-refractivity contribution in [2.45, 2.75) is 82.6 Å². The number of hydrogen-bond donors (Lipinski definition) is 1. The van der Waals surface area contributed by atoms with Gasteiger partial charge in [0.15, 0.2) is 0 Å². The lowest BCUT2D eigenvalue weighted by Gasteiger charge is -2.38. The molecule has 7 heteroatoms. The minimum Gasteiger partial charge on any atom is -0.489 e. The van der Waals surface area contributed by atoms with Crippen LogP contribution in [-0.2, 0) is 11.2 Å². The molecular weight excluding hydrogens is 419 g/mol. The van der Waals surface area contributed by atoms with Crippen molar-refractivity contribution in [2.75, 3.05) is 18.0 Å². The Labute approximate surface area is 194 Å². The highest BCUT2D eigenvalue weighted by Gasteiger charge is 2.39. The molecule has 6 nitrogen and oxygen atoms in total. The van der Waals surface area contributed by atoms with Crippen LogP contribution in [0.5, 0.6) is 5.75 Å². The number of aromatic nitrogens is 2. The zero-order valence-electron chi connectivity index (χ0n) is 19.3. The predicted octanol–water partition coefficient (Wildman–Crippen LogP) is 4.43. The lowest BCUT2D eigenvalue weighted by molar-refractivity contribution is -0.120. The van der Waals surface area contributed by atoms with Crippen LogP contribution in [0.15, 0.2) is 24.5 Å². The number of piperidine rings is 1. The van der Waals surface area contributed by atoms with Crippen LogP contribution < -0.4 is 15.0 Å². The van der Waals surface area contributed by atoms with Crippen LogP contribution in [0, 0.1) is 5.92 Å². The number of fused-ring (bicyclic) bond motifs is 1. The van der Waals surface area contributed by atoms with E-state index in [-0.39, 0.29) is 30.0 Å². The number of carbonyl (C=O) groups is 1. The topological polar surface area (TPSA) is 59.4 Å². The molecule has 6 rings (SSSR count). The fourth-order valence-corrected chi connectivity index (χ4v) is 5.41. The van der Waals surface area contributed by atoms with E-state index in [1.165, 1.54) is 6.42 Å². The molecule has 1 saturated heterocycles. The van der Waals surface area contributed by atoms with Crippen LogP contribution in [0.2, 0.25) is 0 Å². The highest BCUT2D eigenvalue weighted by atomic mass is 19.1. The first-order chi connectivity index (χ1) is 16.1. The molecule has 3 atom stereocenters. The largest absolute Gasteiger partial charge is 0.489 e. The molecule has 2 aliphatic carbocycles. The van der Waals surface area contributed by atoms with E-state index in [4.69, 9.17) is 4.74 Å². The summed E-state index contributed by atoms with van der Waals surface area (Å²) in [6.45, 7) is 3.46. The van der Waals surface area contributed by atoms with Gasteiger partial charge in [-0.05, 0) is 77.0 Å². The third-order valence-corrected chi connectivity index (χ3v) is 7.87. The van der Waals surface area contributed by atoms with Crippen LogP contribution in [0.25, 0.3) is 11.1 Å². The monoisotopic (exact) mass is 452 g/mol. The number of alkyl halides is 1. The van der Waals surface area contributed by atoms with Gasteiger partial charge in [-0.15, -0.1) is 0 Å². The van der Waals surface area contributed by atoms with Crippen LogP contribution in [0.3, 0.4) is 0 Å². The highest BCUT2D eigenvalue weighted by molar-refractivity contribution is 5.99. The summed E-state index contributed by atoms with van der Waals surface area (Å²) >= 11 is 0. The van der Waals surface area contributed by atoms with E-state index in [2.05, 4.69) is 29.5 Å². The van der Waals surface area contributed by atoms with Gasteiger partial charge in [-0.3, -0.25) is 9.48 Å². The molecule has 33 heavy (non-hydrogen) atoms. The SMILES string of the molecule is CC1CCc2c(ccc(-c3cnn(C4CNCCC4F)c3)c2OC2CCC2)N1C(=O)C1CC1. The average Bonchev–Trinajstić information content (AvgIpc) is 3.53. The molecular formula is C26H33FN4O2. The number of nitrogens with one attached hydrogen (secondary N) is 1. The second-order valence-corrected chi connectivity index (χ2v) is 10.3. The summed E-state index contributed by atoms with van der Waals surface area (Å²) in [6, 6.07) is 4.08. The zero-order valence-corrected chi connectivity index (χ0v) is 19.3. The summed E-state index contributed by atoms with van der Waals surface area (Å²) in [5.74, 6) is 1.35. The van der Waals surface area contributed by atoms with E-state index >= 15 is 0 Å². The van der Waals surface area contributed by atoms with E-state index < -0.39 is 6.17 Å². The summed E-state index contributed by atoms with van der Waals surface area (Å²) in [4.78, 5) is 15.2. The maximum atomic E-state index is 14.5. The number of rotatable bonds is 5. The number of amides is 1. The van der Waals surface area contributed by atoms with E-state index in [1.807, 2.05) is 17.3 Å². The summed E-state index contributed by atoms with van der Waals surface area (Å²) in [5.41, 5.74) is 4.10. The Balaban J connectivity index is 1.39. The van der Waals surface area contributed by atoms with Crippen molar-refractivity contribution in [3.63, 3.8) is 0 Å². The van der Waals surface area contributed by atoms with Crippen molar-refractivity contribution in [1.82, 2.24) is 15.1 Å². The molecule has 2 saturated carbocycles. The van der Waals surface area contributed by atoms with Crippen molar-refractivity contribution < 1.29 is 13.9 Å². The Morgan fingerprint density at radius 1 is 1.18 bits per heavy atom. The molecule has 3 unspecified atom stereocenters. The summed E-state index contributed by atoms with van der Waals surface area (Å²) in [6.07, 6.45) is 10.8. The number of benzene rings is 1. The minimum absolute atomic E-state index is 0.185. The summed E-state index contributed by atoms with van der Waals surface area (Å²) in [7, 11) is 0. The van der Waals surface area contributed by atoms with Crippen molar-refractivity contribution in [3.8, 4) is 16.9 Å². The first-order valence-electron chi connectivity index (χ1n) is 12.6. The third kappa shape index (κ3) is 3.84. The maximum absolute atomic E-state index is 14.5. The van der Waals surface area contributed by atoms with Gasteiger partial charge < -0.3 is 15.0 Å². The number of hydrogen-bond acceptors (Lipinski definition) is 4. The fourth-order valence-electron chi connectivity index (χ4n) is 5.41. The van der Waals surface area contributed by atoms with E-state index in [9.17, 15) is 9.18 Å². The van der Waals surface area contributed by atoms with Crippen molar-refractivity contribution in [2.24, 2.45) is 5.92 Å². The van der Waals surface area contributed by atoms with Crippen LogP contribution in [-0.4, -0.2) is 47.1 Å². The Morgan fingerprint density at radius 2 is 2.03 bits per heavy atom. The van der Waals surface area contributed by atoms with Crippen molar-refractivity contribution in [1.29, 1.82) is 0 Å². The zero-order chi connectivity index (χ0) is 22.5. The van der Waals surface area contributed by atoms with Gasteiger partial charge in [-0.1, -0.05) is 0 Å². The van der Waals surface area contributed by atoms with Crippen molar-refractivity contribution >= 4 is 11.6 Å². The number of nitrogens with zero attached hydrogens (tertiary/aromatic N) is 3. The average molecular weight is 453 g/mol. The lowest BCUT2D eigenvalue weighted by Crippen LogP contribution is -2.43. The molecule has 176 valence electrons. The molecule has 3 heterocycles. The second kappa shape index (κ2) is 8.42. The molecule has 4 aliphatic rings. The maximum Gasteiger partial charge on any atom is 0.230 e. The molecule has 1 amide bonds. The molecule has 3 fully saturated rings. The van der Waals surface area contributed by atoms with Gasteiger partial charge in [-0.2, -0.15) is 5.10 Å². The van der Waals surface area contributed by atoms with Crippen molar-refractivity contribution in [3.05, 3.63) is 30.1 Å². The normalized spacial score (nSPS) is 27.7. The fraction of sp³-hybridized carbons (Fsp3) is 0.615. The summed E-state index contributed by atoms with van der Waals surface area (Å²) in [5, 5.41) is 7.81. The molecule has 0 bridgehead atoms. The van der Waals surface area contributed by atoms with Gasteiger partial charge in [0.2, 0.25) is 5.91 Å². The molecule has 2 aliphatic heterocycles. The number of halogens is 1. The first kappa shape index (κ1) is 21.1. The Hall–Kier alpha value is -2.41. The highest BCUT2D eigenvalue weighted by Crippen LogP contribution is 2.46. The van der Waals surface area contributed by atoms with Gasteiger partial charge in [0.05, 0.1) is 24.0 Å². The van der Waals surface area contributed by atoms with Gasteiger partial charge in [0.25, 0.3) is 0 Å². The lowest BCUT2D eigenvalue weighted by atomic mass is 9.91. The standard InChI is InChI=1S/C26H33FN4O2/c1-16-5-8-21-23(31(16)26(32)17-6-7-17)10-9-20(25(21)33-19-3-2-4-19)18-13-29-30(15-18)24-14-28-12-11-22(24)27/h9-10,13,15-17,19,22,24,28H,2-8,11-12,14H2,1H3. The number of ether oxygens (including phenoxy) is 1. The predicted molar refractivity (Wildman–Crippen MR) is 125 cm³/mol. The Morgan fingerprint density at radius 3 is 2.76 bits per heavy atom. The molecule has 2 aromatic rings. The smallest absolute Gasteiger partial charge is 0.230 e. The quantitative estimate of drug-likeness (QED) is 0.729. The third-order valence-electron chi connectivity index (χ3n) is 7.87. The summed E-state index contributed by atoms with van der Waals surface area (Å²) < 4.78 is 22.9. The molecule has 1 N–H and O–H groups in total. The molecule has 1 aromatic heterocycles. The van der Waals surface area contributed by atoms with Gasteiger partial charge in [-0.25, -0.2) is 4.39 Å². The van der Waals surface area contributed by atoms with Gasteiger partial charge in [0, 0.05) is 41.4 Å². The van der Waals surface area contributed by atoms with E-state index in [1.54, 1.807) is 4.68 Å². The van der Waals surface area contributed by atoms with E-state index in [0.29, 0.717) is 19.5 Å². The minimum atomic E-state index is -0.892. The Kier molecular flexibility index (Phi) is 5.40. The Bertz CT molecular complexity index is 1040. The number of carbonyl (C=O) groups excluding carboxylic acids is 1. The van der Waals surface area contributed by atoms with Crippen LogP contribution in [0.4, 0.5) is 10.1 Å². The van der Waals surface area contributed by atoms with Crippen LogP contribution in [0.1, 0.15) is 63.5 Å². The number of anilines is 1. The van der Waals surface area contributed by atoms with Gasteiger partial charge >= 0.3 is 0 Å². The van der Waals surface area contributed by atoms with E-state index in [0.717, 1.165) is 66.7 Å². The molecule has 0 spiro atoms. The van der Waals surface area contributed by atoms with Gasteiger partial charge in [0.1, 0.15) is 11.9 Å².